The van der Waals surface area contributed by atoms with Gasteiger partial charge >= 0.3 is 6.18 Å². The van der Waals surface area contributed by atoms with E-state index >= 15 is 0 Å². The minimum Gasteiger partial charge on any atom is -0.375 e. The van der Waals surface area contributed by atoms with Crippen molar-refractivity contribution in [3.63, 3.8) is 0 Å². The first-order chi connectivity index (χ1) is 10.4. The summed E-state index contributed by atoms with van der Waals surface area (Å²) in [5.41, 5.74) is 5.63. The van der Waals surface area contributed by atoms with Crippen molar-refractivity contribution in [3.05, 3.63) is 46.0 Å². The van der Waals surface area contributed by atoms with Crippen LogP contribution in [-0.4, -0.2) is 12.0 Å². The summed E-state index contributed by atoms with van der Waals surface area (Å²) < 4.78 is 40.1. The fourth-order valence-corrected chi connectivity index (χ4v) is 4.15. The Labute approximate surface area is 130 Å². The van der Waals surface area contributed by atoms with Gasteiger partial charge < -0.3 is 11.1 Å². The Hall–Kier alpha value is -1.60. The fourth-order valence-electron chi connectivity index (χ4n) is 3.16. The number of benzene rings is 1. The number of aryl methyl sites for hydroxylation is 1. The molecule has 1 aromatic heterocycles. The molecule has 1 unspecified atom stereocenters. The summed E-state index contributed by atoms with van der Waals surface area (Å²) in [6, 6.07) is 5.79. The van der Waals surface area contributed by atoms with Crippen LogP contribution in [0.3, 0.4) is 0 Å². The molecular formula is C15H16F3N3S. The molecule has 1 aliphatic carbocycles. The van der Waals surface area contributed by atoms with E-state index in [1.807, 2.05) is 0 Å². The normalized spacial score (nSPS) is 21.6. The van der Waals surface area contributed by atoms with Crippen molar-refractivity contribution < 1.29 is 13.2 Å². The molecule has 1 heterocycles. The van der Waals surface area contributed by atoms with E-state index in [0.717, 1.165) is 16.6 Å². The van der Waals surface area contributed by atoms with Gasteiger partial charge in [0, 0.05) is 16.8 Å². The van der Waals surface area contributed by atoms with E-state index in [-0.39, 0.29) is 0 Å². The minimum absolute atomic E-state index is 0.294. The van der Waals surface area contributed by atoms with Crippen molar-refractivity contribution in [1.29, 1.82) is 0 Å². The van der Waals surface area contributed by atoms with Crippen LogP contribution in [0.4, 0.5) is 18.3 Å². The van der Waals surface area contributed by atoms with Crippen LogP contribution in [0, 0.1) is 0 Å². The SMILES string of the molecule is CNC1(c2ccccc2C(F)(F)F)CCc2nc(N)sc2C1. The van der Waals surface area contributed by atoms with Gasteiger partial charge in [-0.3, -0.25) is 0 Å². The highest BCUT2D eigenvalue weighted by Gasteiger charge is 2.43. The molecule has 0 amide bonds. The number of aromatic nitrogens is 1. The molecule has 0 spiro atoms. The number of anilines is 1. The van der Waals surface area contributed by atoms with Crippen molar-refractivity contribution in [1.82, 2.24) is 10.3 Å². The van der Waals surface area contributed by atoms with E-state index < -0.39 is 17.3 Å². The second-order valence-corrected chi connectivity index (χ2v) is 6.59. The molecule has 0 fully saturated rings. The molecule has 22 heavy (non-hydrogen) atoms. The Balaban J connectivity index is 2.10. The molecule has 3 nitrogen and oxygen atoms in total. The van der Waals surface area contributed by atoms with Crippen LogP contribution in [-0.2, 0) is 24.6 Å². The highest BCUT2D eigenvalue weighted by Crippen LogP contribution is 2.43. The van der Waals surface area contributed by atoms with E-state index in [1.54, 1.807) is 19.2 Å². The number of hydrogen-bond acceptors (Lipinski definition) is 4. The van der Waals surface area contributed by atoms with E-state index in [4.69, 9.17) is 5.73 Å². The van der Waals surface area contributed by atoms with Gasteiger partial charge in [0.05, 0.1) is 11.3 Å². The topological polar surface area (TPSA) is 50.9 Å². The van der Waals surface area contributed by atoms with Gasteiger partial charge in [-0.05, 0) is 31.5 Å². The maximum atomic E-state index is 13.4. The quantitative estimate of drug-likeness (QED) is 0.889. The summed E-state index contributed by atoms with van der Waals surface area (Å²) in [6.45, 7) is 0. The predicted molar refractivity (Wildman–Crippen MR) is 80.7 cm³/mol. The van der Waals surface area contributed by atoms with Gasteiger partial charge in [0.25, 0.3) is 0 Å². The van der Waals surface area contributed by atoms with Crippen LogP contribution in [0.2, 0.25) is 0 Å². The van der Waals surface area contributed by atoms with Crippen molar-refractivity contribution in [2.45, 2.75) is 31.0 Å². The highest BCUT2D eigenvalue weighted by atomic mass is 32.1. The molecule has 3 rings (SSSR count). The first kappa shape index (κ1) is 15.3. The smallest absolute Gasteiger partial charge is 0.375 e. The molecule has 0 saturated carbocycles. The molecule has 1 atom stereocenters. The number of alkyl halides is 3. The zero-order chi connectivity index (χ0) is 16.0. The lowest BCUT2D eigenvalue weighted by Crippen LogP contribution is -2.45. The fraction of sp³-hybridized carbons (Fsp3) is 0.400. The molecule has 0 saturated heterocycles. The minimum atomic E-state index is -4.37. The molecule has 0 bridgehead atoms. The number of halogens is 3. The highest BCUT2D eigenvalue weighted by molar-refractivity contribution is 7.15. The number of thiazole rings is 1. The number of rotatable bonds is 2. The Kier molecular flexibility index (Phi) is 3.65. The number of hydrogen-bond donors (Lipinski definition) is 2. The van der Waals surface area contributed by atoms with Crippen LogP contribution >= 0.6 is 11.3 Å². The van der Waals surface area contributed by atoms with Crippen molar-refractivity contribution in [3.8, 4) is 0 Å². The summed E-state index contributed by atoms with van der Waals surface area (Å²) in [4.78, 5) is 5.23. The number of fused-ring (bicyclic) bond motifs is 1. The molecule has 3 N–H and O–H groups in total. The van der Waals surface area contributed by atoms with Crippen LogP contribution in [0.25, 0.3) is 0 Å². The Morgan fingerprint density at radius 2 is 2.05 bits per heavy atom. The molecule has 2 aromatic rings. The van der Waals surface area contributed by atoms with Crippen molar-refractivity contribution in [2.75, 3.05) is 12.8 Å². The summed E-state index contributed by atoms with van der Waals surface area (Å²) >= 11 is 1.36. The lowest BCUT2D eigenvalue weighted by atomic mass is 9.76. The van der Waals surface area contributed by atoms with E-state index in [9.17, 15) is 13.2 Å². The third-order valence-electron chi connectivity index (χ3n) is 4.27. The number of nitrogen functional groups attached to an aromatic ring is 1. The van der Waals surface area contributed by atoms with Crippen LogP contribution in [0.5, 0.6) is 0 Å². The molecular weight excluding hydrogens is 311 g/mol. The monoisotopic (exact) mass is 327 g/mol. The third-order valence-corrected chi connectivity index (χ3v) is 5.20. The average Bonchev–Trinajstić information content (AvgIpc) is 2.85. The first-order valence-electron chi connectivity index (χ1n) is 6.95. The number of nitrogens with two attached hydrogens (primary N) is 1. The van der Waals surface area contributed by atoms with Gasteiger partial charge in [0.15, 0.2) is 5.13 Å². The number of likely N-dealkylation sites (N-methyl/N-ethyl adjacent to an activating group) is 1. The predicted octanol–water partition coefficient (Wildman–Crippen LogP) is 3.35. The van der Waals surface area contributed by atoms with Gasteiger partial charge in [0.2, 0.25) is 0 Å². The summed E-state index contributed by atoms with van der Waals surface area (Å²) in [7, 11) is 1.71. The van der Waals surface area contributed by atoms with E-state index in [1.165, 1.54) is 17.4 Å². The van der Waals surface area contributed by atoms with Crippen LogP contribution in [0.1, 0.15) is 28.1 Å². The van der Waals surface area contributed by atoms with Crippen molar-refractivity contribution >= 4 is 16.5 Å². The van der Waals surface area contributed by atoms with E-state index in [2.05, 4.69) is 10.3 Å². The van der Waals surface area contributed by atoms with Crippen molar-refractivity contribution in [2.24, 2.45) is 0 Å². The molecule has 118 valence electrons. The number of nitrogens with zero attached hydrogens (tertiary/aromatic N) is 1. The largest absolute Gasteiger partial charge is 0.416 e. The molecule has 0 radical (unpaired) electrons. The van der Waals surface area contributed by atoms with Gasteiger partial charge in [-0.1, -0.05) is 18.2 Å². The van der Waals surface area contributed by atoms with Gasteiger partial charge in [-0.25, -0.2) is 4.98 Å². The molecule has 1 aromatic carbocycles. The zero-order valence-corrected chi connectivity index (χ0v) is 12.8. The maximum absolute atomic E-state index is 13.4. The second-order valence-electron chi connectivity index (χ2n) is 5.47. The maximum Gasteiger partial charge on any atom is 0.416 e. The molecule has 7 heteroatoms. The average molecular weight is 327 g/mol. The Morgan fingerprint density at radius 1 is 1.32 bits per heavy atom. The second kappa shape index (κ2) is 5.24. The lowest BCUT2D eigenvalue weighted by Gasteiger charge is -2.38. The first-order valence-corrected chi connectivity index (χ1v) is 7.77. The third kappa shape index (κ3) is 2.48. The van der Waals surface area contributed by atoms with Gasteiger partial charge in [-0.2, -0.15) is 13.2 Å². The summed E-state index contributed by atoms with van der Waals surface area (Å²) in [5.74, 6) is 0. The van der Waals surface area contributed by atoms with Gasteiger partial charge in [0.1, 0.15) is 0 Å². The van der Waals surface area contributed by atoms with Gasteiger partial charge in [-0.15, -0.1) is 11.3 Å². The lowest BCUT2D eigenvalue weighted by molar-refractivity contribution is -0.139. The summed E-state index contributed by atoms with van der Waals surface area (Å²) in [5, 5.41) is 3.61. The standard InChI is InChI=1S/C15H16F3N3S/c1-20-14(7-6-11-12(8-14)22-13(19)21-11)9-4-2-3-5-10(9)15(16,17)18/h2-5,20H,6-8H2,1H3,(H2,19,21). The molecule has 0 aliphatic heterocycles. The zero-order valence-electron chi connectivity index (χ0n) is 12.0. The van der Waals surface area contributed by atoms with Crippen LogP contribution < -0.4 is 11.1 Å². The summed E-state index contributed by atoms with van der Waals surface area (Å²) in [6.07, 6.45) is -2.71. The van der Waals surface area contributed by atoms with E-state index in [0.29, 0.717) is 30.0 Å². The number of nitrogens with one attached hydrogen (secondary N) is 1. The Morgan fingerprint density at radius 3 is 2.73 bits per heavy atom. The Bertz CT molecular complexity index is 696. The van der Waals surface area contributed by atoms with Crippen LogP contribution in [0.15, 0.2) is 24.3 Å². The molecule has 1 aliphatic rings.